The van der Waals surface area contributed by atoms with E-state index in [4.69, 9.17) is 11.6 Å². The highest BCUT2D eigenvalue weighted by molar-refractivity contribution is 6.28. The van der Waals surface area contributed by atoms with E-state index in [9.17, 15) is 4.79 Å². The lowest BCUT2D eigenvalue weighted by Crippen LogP contribution is -2.21. The van der Waals surface area contributed by atoms with Crippen LogP contribution in [0.15, 0.2) is 4.79 Å². The Labute approximate surface area is 63.0 Å². The van der Waals surface area contributed by atoms with E-state index in [1.165, 1.54) is 9.25 Å². The minimum atomic E-state index is -0.174. The lowest BCUT2D eigenvalue weighted by molar-refractivity contribution is 0.677. The van der Waals surface area contributed by atoms with Gasteiger partial charge in [0.2, 0.25) is 5.28 Å². The van der Waals surface area contributed by atoms with E-state index in [0.29, 0.717) is 6.54 Å². The van der Waals surface area contributed by atoms with E-state index in [2.05, 4.69) is 5.10 Å². The van der Waals surface area contributed by atoms with Crippen LogP contribution in [0.1, 0.15) is 6.92 Å². The van der Waals surface area contributed by atoms with Gasteiger partial charge in [0.25, 0.3) is 0 Å². The van der Waals surface area contributed by atoms with Crippen molar-refractivity contribution in [3.63, 3.8) is 0 Å². The van der Waals surface area contributed by atoms with Gasteiger partial charge in [-0.25, -0.2) is 9.48 Å². The molecule has 1 aromatic heterocycles. The van der Waals surface area contributed by atoms with Crippen LogP contribution in [0.2, 0.25) is 5.28 Å². The van der Waals surface area contributed by atoms with Crippen LogP contribution in [-0.4, -0.2) is 14.3 Å². The van der Waals surface area contributed by atoms with Gasteiger partial charge in [0.05, 0.1) is 0 Å². The number of rotatable bonds is 1. The van der Waals surface area contributed by atoms with Crippen LogP contribution < -0.4 is 5.69 Å². The highest BCUT2D eigenvalue weighted by Gasteiger charge is 2.04. The summed E-state index contributed by atoms with van der Waals surface area (Å²) in [7, 11) is 1.57. The maximum atomic E-state index is 11.0. The van der Waals surface area contributed by atoms with Gasteiger partial charge in [-0.15, -0.1) is 5.10 Å². The first-order valence-electron chi connectivity index (χ1n) is 2.96. The number of nitrogens with zero attached hydrogens (tertiary/aromatic N) is 3. The van der Waals surface area contributed by atoms with E-state index in [1.54, 1.807) is 7.05 Å². The quantitative estimate of drug-likeness (QED) is 0.593. The molecule has 1 rings (SSSR count). The van der Waals surface area contributed by atoms with Gasteiger partial charge in [-0.05, 0) is 18.5 Å². The molecular weight excluding hydrogens is 154 g/mol. The summed E-state index contributed by atoms with van der Waals surface area (Å²) in [6.45, 7) is 2.40. The van der Waals surface area contributed by atoms with Crippen molar-refractivity contribution in [2.75, 3.05) is 0 Å². The second-order valence-corrected chi connectivity index (χ2v) is 2.26. The molecule has 1 heterocycles. The Kier molecular flexibility index (Phi) is 1.80. The van der Waals surface area contributed by atoms with Gasteiger partial charge in [-0.3, -0.25) is 4.57 Å². The van der Waals surface area contributed by atoms with Crippen molar-refractivity contribution < 1.29 is 0 Å². The summed E-state index contributed by atoms with van der Waals surface area (Å²) < 4.78 is 2.60. The lowest BCUT2D eigenvalue weighted by Gasteiger charge is -1.90. The first-order chi connectivity index (χ1) is 4.66. The van der Waals surface area contributed by atoms with Gasteiger partial charge >= 0.3 is 5.69 Å². The van der Waals surface area contributed by atoms with Crippen LogP contribution in [0.4, 0.5) is 0 Å². The smallest absolute Gasteiger partial charge is 0.266 e. The molecule has 0 aromatic carbocycles. The number of hydrogen-bond donors (Lipinski definition) is 0. The Hall–Kier alpha value is -0.770. The van der Waals surface area contributed by atoms with Crippen molar-refractivity contribution in [3.05, 3.63) is 15.8 Å². The van der Waals surface area contributed by atoms with Gasteiger partial charge in [-0.1, -0.05) is 0 Å². The zero-order chi connectivity index (χ0) is 7.72. The Morgan fingerprint density at radius 1 is 1.70 bits per heavy atom. The Morgan fingerprint density at radius 2 is 2.30 bits per heavy atom. The van der Waals surface area contributed by atoms with Gasteiger partial charge < -0.3 is 0 Å². The molecule has 0 spiro atoms. The van der Waals surface area contributed by atoms with Gasteiger partial charge in [0.1, 0.15) is 0 Å². The summed E-state index contributed by atoms with van der Waals surface area (Å²) in [5.41, 5.74) is -0.174. The number of aromatic nitrogens is 3. The number of hydrogen-bond acceptors (Lipinski definition) is 2. The van der Waals surface area contributed by atoms with Crippen molar-refractivity contribution >= 4 is 11.6 Å². The fourth-order valence-corrected chi connectivity index (χ4v) is 1.05. The molecule has 0 amide bonds. The van der Waals surface area contributed by atoms with Crippen LogP contribution in [-0.2, 0) is 13.6 Å². The second-order valence-electron chi connectivity index (χ2n) is 1.92. The van der Waals surface area contributed by atoms with Crippen LogP contribution in [0, 0.1) is 0 Å². The third kappa shape index (κ3) is 0.945. The molecule has 10 heavy (non-hydrogen) atoms. The average molecular weight is 162 g/mol. The molecule has 5 heteroatoms. The summed E-state index contributed by atoms with van der Waals surface area (Å²) in [5, 5.41) is 3.96. The molecular formula is C5H8ClN3O. The largest absolute Gasteiger partial charge is 0.346 e. The molecule has 0 aliphatic rings. The summed E-state index contributed by atoms with van der Waals surface area (Å²) in [6.07, 6.45) is 0. The van der Waals surface area contributed by atoms with Crippen LogP contribution in [0.25, 0.3) is 0 Å². The summed E-state index contributed by atoms with van der Waals surface area (Å²) in [4.78, 5) is 11.0. The first-order valence-corrected chi connectivity index (χ1v) is 3.34. The number of aryl methyl sites for hydroxylation is 1. The fourth-order valence-electron chi connectivity index (χ4n) is 0.740. The zero-order valence-corrected chi connectivity index (χ0v) is 6.59. The third-order valence-electron chi connectivity index (χ3n) is 1.28. The second kappa shape index (κ2) is 2.46. The third-order valence-corrected chi connectivity index (χ3v) is 1.56. The molecule has 0 atom stereocenters. The molecule has 0 aliphatic carbocycles. The Bertz CT molecular complexity index is 288. The Balaban J connectivity index is 3.34. The van der Waals surface area contributed by atoms with Crippen molar-refractivity contribution in [2.45, 2.75) is 13.5 Å². The van der Waals surface area contributed by atoms with E-state index in [1.807, 2.05) is 6.92 Å². The van der Waals surface area contributed by atoms with Crippen LogP contribution >= 0.6 is 11.6 Å². The SMILES string of the molecule is CCn1c(Cl)nn(C)c1=O. The molecule has 0 aliphatic heterocycles. The van der Waals surface area contributed by atoms with Crippen LogP contribution in [0.5, 0.6) is 0 Å². The van der Waals surface area contributed by atoms with Crippen molar-refractivity contribution in [3.8, 4) is 0 Å². The van der Waals surface area contributed by atoms with Gasteiger partial charge in [-0.2, -0.15) is 0 Å². The number of halogens is 1. The monoisotopic (exact) mass is 161 g/mol. The molecule has 4 nitrogen and oxygen atoms in total. The minimum absolute atomic E-state index is 0.174. The maximum absolute atomic E-state index is 11.0. The standard InChI is InChI=1S/C5H8ClN3O/c1-3-9-4(6)7-8(2)5(9)10/h3H2,1-2H3. The normalized spacial score (nSPS) is 10.3. The fraction of sp³-hybridized carbons (Fsp3) is 0.600. The molecule has 0 bridgehead atoms. The molecule has 0 saturated heterocycles. The van der Waals surface area contributed by atoms with Gasteiger partial charge in [0.15, 0.2) is 0 Å². The average Bonchev–Trinajstić information content (AvgIpc) is 2.09. The van der Waals surface area contributed by atoms with Crippen molar-refractivity contribution in [1.82, 2.24) is 14.3 Å². The molecule has 1 aromatic rings. The summed E-state index contributed by atoms with van der Waals surface area (Å²) >= 11 is 5.58. The van der Waals surface area contributed by atoms with Crippen LogP contribution in [0.3, 0.4) is 0 Å². The summed E-state index contributed by atoms with van der Waals surface area (Å²) in [5.74, 6) is 0. The van der Waals surface area contributed by atoms with Crippen molar-refractivity contribution in [1.29, 1.82) is 0 Å². The van der Waals surface area contributed by atoms with Gasteiger partial charge in [0, 0.05) is 13.6 Å². The molecule has 0 saturated carbocycles. The predicted octanol–water partition coefficient (Wildman–Crippen LogP) is 0.255. The zero-order valence-electron chi connectivity index (χ0n) is 5.83. The molecule has 56 valence electrons. The highest BCUT2D eigenvalue weighted by Crippen LogP contribution is 1.98. The van der Waals surface area contributed by atoms with E-state index < -0.39 is 0 Å². The Morgan fingerprint density at radius 3 is 2.50 bits per heavy atom. The van der Waals surface area contributed by atoms with Crippen molar-refractivity contribution in [2.24, 2.45) is 7.05 Å². The topological polar surface area (TPSA) is 39.8 Å². The molecule has 0 N–H and O–H groups in total. The van der Waals surface area contributed by atoms with E-state index >= 15 is 0 Å². The van der Waals surface area contributed by atoms with E-state index in [-0.39, 0.29) is 11.0 Å². The first kappa shape index (κ1) is 7.34. The molecule has 0 unspecified atom stereocenters. The summed E-state index contributed by atoms with van der Waals surface area (Å²) in [6, 6.07) is 0. The minimum Gasteiger partial charge on any atom is -0.266 e. The predicted molar refractivity (Wildman–Crippen MR) is 38.2 cm³/mol. The molecule has 0 radical (unpaired) electrons. The highest BCUT2D eigenvalue weighted by atomic mass is 35.5. The lowest BCUT2D eigenvalue weighted by atomic mass is 10.7. The molecule has 0 fully saturated rings. The maximum Gasteiger partial charge on any atom is 0.346 e. The van der Waals surface area contributed by atoms with E-state index in [0.717, 1.165) is 0 Å².